The molecule has 0 aliphatic rings. The van der Waals surface area contributed by atoms with Gasteiger partial charge in [-0.2, -0.15) is 0 Å². The summed E-state index contributed by atoms with van der Waals surface area (Å²) in [6.45, 7) is 2.15. The predicted molar refractivity (Wildman–Crippen MR) is 74.2 cm³/mol. The summed E-state index contributed by atoms with van der Waals surface area (Å²) < 4.78 is 9.86. The summed E-state index contributed by atoms with van der Waals surface area (Å²) in [5.41, 5.74) is 5.70. The van der Waals surface area contributed by atoms with E-state index in [1.165, 1.54) is 19.4 Å². The first-order valence-electron chi connectivity index (χ1n) is 4.67. The first-order valence-corrected chi connectivity index (χ1v) is 5.04. The van der Waals surface area contributed by atoms with Gasteiger partial charge in [-0.25, -0.2) is 9.78 Å². The third-order valence-corrected chi connectivity index (χ3v) is 2.03. The lowest BCUT2D eigenvalue weighted by Crippen LogP contribution is -2.23. The number of methoxy groups -OCH3 is 1. The second-order valence-corrected chi connectivity index (χ2v) is 3.65. The molecule has 0 radical (unpaired) electrons. The monoisotopic (exact) mass is 316 g/mol. The van der Waals surface area contributed by atoms with E-state index in [0.29, 0.717) is 12.4 Å². The van der Waals surface area contributed by atoms with Crippen LogP contribution in [-0.4, -0.2) is 30.7 Å². The summed E-state index contributed by atoms with van der Waals surface area (Å²) >= 11 is 5.74. The Balaban J connectivity index is 0. The van der Waals surface area contributed by atoms with Gasteiger partial charge < -0.3 is 15.2 Å². The highest BCUT2D eigenvalue weighted by Crippen LogP contribution is 2.19. The first kappa shape index (κ1) is 19.6. The molecule has 0 aromatic carbocycles. The van der Waals surface area contributed by atoms with Crippen molar-refractivity contribution in [2.75, 3.05) is 13.7 Å². The van der Waals surface area contributed by atoms with Crippen LogP contribution >= 0.6 is 36.4 Å². The van der Waals surface area contributed by atoms with Gasteiger partial charge in [0.25, 0.3) is 0 Å². The molecule has 0 aliphatic heterocycles. The summed E-state index contributed by atoms with van der Waals surface area (Å²) in [5, 5.41) is 0.0833. The highest BCUT2D eigenvalue weighted by atomic mass is 35.5. The largest absolute Gasteiger partial charge is 0.490 e. The van der Waals surface area contributed by atoms with Crippen molar-refractivity contribution in [2.45, 2.75) is 13.0 Å². The van der Waals surface area contributed by atoms with Crippen LogP contribution < -0.4 is 10.5 Å². The number of nitrogens with zero attached hydrogens (tertiary/aromatic N) is 1. The third kappa shape index (κ3) is 5.73. The van der Waals surface area contributed by atoms with Gasteiger partial charge in [0.1, 0.15) is 23.1 Å². The van der Waals surface area contributed by atoms with Gasteiger partial charge in [0.05, 0.1) is 13.3 Å². The van der Waals surface area contributed by atoms with Gasteiger partial charge in [-0.3, -0.25) is 0 Å². The van der Waals surface area contributed by atoms with Crippen LogP contribution in [0.5, 0.6) is 5.75 Å². The van der Waals surface area contributed by atoms with E-state index in [1.807, 2.05) is 6.92 Å². The molecule has 0 saturated carbocycles. The molecular weight excluding hydrogens is 302 g/mol. The summed E-state index contributed by atoms with van der Waals surface area (Å²) in [5.74, 6) is -0.120. The quantitative estimate of drug-likeness (QED) is 0.680. The number of pyridine rings is 1. The molecule has 0 spiro atoms. The molecule has 104 valence electrons. The predicted octanol–water partition coefficient (Wildman–Crippen LogP) is 2.09. The van der Waals surface area contributed by atoms with E-state index in [9.17, 15) is 4.79 Å². The van der Waals surface area contributed by atoms with Gasteiger partial charge in [0, 0.05) is 6.04 Å². The number of rotatable bonds is 4. The second kappa shape index (κ2) is 9.22. The molecule has 8 heteroatoms. The summed E-state index contributed by atoms with van der Waals surface area (Å²) in [6, 6.07) is 1.38. The number of halogens is 3. The SMILES string of the molecule is COC(=O)c1cc(OC[C@H](C)N)cnc1Cl.Cl.Cl. The van der Waals surface area contributed by atoms with Crippen molar-refractivity contribution in [1.82, 2.24) is 4.98 Å². The number of carbonyl (C=O) groups is 1. The molecular formula is C10H15Cl3N2O3. The van der Waals surface area contributed by atoms with Crippen LogP contribution in [-0.2, 0) is 4.74 Å². The Hall–Kier alpha value is -0.750. The molecule has 1 heterocycles. The fraction of sp³-hybridized carbons (Fsp3) is 0.400. The molecule has 0 bridgehead atoms. The van der Waals surface area contributed by atoms with Crippen LogP contribution in [0.15, 0.2) is 12.3 Å². The minimum atomic E-state index is -0.552. The molecule has 1 aromatic heterocycles. The average Bonchev–Trinajstić information content (AvgIpc) is 2.27. The maximum absolute atomic E-state index is 11.3. The van der Waals surface area contributed by atoms with E-state index in [2.05, 4.69) is 9.72 Å². The number of aromatic nitrogens is 1. The van der Waals surface area contributed by atoms with Crippen LogP contribution in [0, 0.1) is 0 Å². The molecule has 5 nitrogen and oxygen atoms in total. The standard InChI is InChI=1S/C10H13ClN2O3.2ClH/c1-6(12)5-16-7-3-8(10(14)15-2)9(11)13-4-7;;/h3-4,6H,5,12H2,1-2H3;2*1H/t6-;;/m0../s1. The molecule has 1 rings (SSSR count). The fourth-order valence-corrected chi connectivity index (χ4v) is 1.17. The molecule has 1 aromatic rings. The van der Waals surface area contributed by atoms with E-state index in [0.717, 1.165) is 0 Å². The Labute approximate surface area is 123 Å². The summed E-state index contributed by atoms with van der Waals surface area (Å²) in [6.07, 6.45) is 1.43. The zero-order chi connectivity index (χ0) is 12.1. The van der Waals surface area contributed by atoms with Crippen molar-refractivity contribution in [3.63, 3.8) is 0 Å². The number of nitrogens with two attached hydrogens (primary N) is 1. The van der Waals surface area contributed by atoms with Crippen LogP contribution in [0.25, 0.3) is 0 Å². The van der Waals surface area contributed by atoms with Crippen molar-refractivity contribution in [3.05, 3.63) is 23.0 Å². The van der Waals surface area contributed by atoms with Crippen molar-refractivity contribution >= 4 is 42.4 Å². The van der Waals surface area contributed by atoms with Gasteiger partial charge in [-0.1, -0.05) is 11.6 Å². The van der Waals surface area contributed by atoms with Crippen molar-refractivity contribution in [1.29, 1.82) is 0 Å². The lowest BCUT2D eigenvalue weighted by atomic mass is 10.3. The van der Waals surface area contributed by atoms with Gasteiger partial charge >= 0.3 is 5.97 Å². The Morgan fingerprint density at radius 2 is 2.17 bits per heavy atom. The zero-order valence-corrected chi connectivity index (χ0v) is 12.3. The zero-order valence-electron chi connectivity index (χ0n) is 9.88. The fourth-order valence-electron chi connectivity index (χ4n) is 0.989. The van der Waals surface area contributed by atoms with E-state index in [1.54, 1.807) is 0 Å². The summed E-state index contributed by atoms with van der Waals surface area (Å²) in [7, 11) is 1.27. The molecule has 1 atom stereocenters. The highest BCUT2D eigenvalue weighted by Gasteiger charge is 2.13. The molecule has 0 amide bonds. The topological polar surface area (TPSA) is 74.4 Å². The smallest absolute Gasteiger partial charge is 0.341 e. The van der Waals surface area contributed by atoms with Crippen LogP contribution in [0.3, 0.4) is 0 Å². The average molecular weight is 318 g/mol. The Morgan fingerprint density at radius 3 is 2.67 bits per heavy atom. The third-order valence-electron chi connectivity index (χ3n) is 1.73. The van der Waals surface area contributed by atoms with Gasteiger partial charge in [0.15, 0.2) is 0 Å². The van der Waals surface area contributed by atoms with Crippen molar-refractivity contribution in [2.24, 2.45) is 5.73 Å². The lowest BCUT2D eigenvalue weighted by molar-refractivity contribution is 0.0600. The Morgan fingerprint density at radius 1 is 1.56 bits per heavy atom. The highest BCUT2D eigenvalue weighted by molar-refractivity contribution is 6.32. The van der Waals surface area contributed by atoms with Crippen molar-refractivity contribution in [3.8, 4) is 5.75 Å². The number of carbonyl (C=O) groups excluding carboxylic acids is 1. The number of hydrogen-bond acceptors (Lipinski definition) is 5. The maximum Gasteiger partial charge on any atom is 0.341 e. The van der Waals surface area contributed by atoms with Crippen LogP contribution in [0.4, 0.5) is 0 Å². The molecule has 0 fully saturated rings. The molecule has 2 N–H and O–H groups in total. The van der Waals surface area contributed by atoms with Gasteiger partial charge in [-0.05, 0) is 13.0 Å². The maximum atomic E-state index is 11.3. The van der Waals surface area contributed by atoms with E-state index < -0.39 is 5.97 Å². The lowest BCUT2D eigenvalue weighted by Gasteiger charge is -2.09. The van der Waals surface area contributed by atoms with E-state index >= 15 is 0 Å². The van der Waals surface area contributed by atoms with E-state index in [4.69, 9.17) is 22.1 Å². The second-order valence-electron chi connectivity index (χ2n) is 3.29. The normalized spacial score (nSPS) is 10.7. The Bertz CT molecular complexity index is 389. The number of ether oxygens (including phenoxy) is 2. The molecule has 0 aliphatic carbocycles. The van der Waals surface area contributed by atoms with Gasteiger partial charge in [0.2, 0.25) is 0 Å². The molecule has 0 unspecified atom stereocenters. The minimum Gasteiger partial charge on any atom is -0.490 e. The van der Waals surface area contributed by atoms with Crippen LogP contribution in [0.2, 0.25) is 5.15 Å². The molecule has 0 saturated heterocycles. The summed E-state index contributed by atoms with van der Waals surface area (Å²) in [4.78, 5) is 15.1. The first-order chi connectivity index (χ1) is 7.54. The Kier molecular flexibility index (Phi) is 10.0. The number of hydrogen-bond donors (Lipinski definition) is 1. The van der Waals surface area contributed by atoms with E-state index in [-0.39, 0.29) is 41.6 Å². The van der Waals surface area contributed by atoms with Crippen molar-refractivity contribution < 1.29 is 14.3 Å². The number of esters is 1. The minimum absolute atomic E-state index is 0. The van der Waals surface area contributed by atoms with Crippen LogP contribution in [0.1, 0.15) is 17.3 Å². The molecule has 18 heavy (non-hydrogen) atoms. The van der Waals surface area contributed by atoms with Gasteiger partial charge in [-0.15, -0.1) is 24.8 Å².